The molecule has 1 aromatic carbocycles. The van der Waals surface area contributed by atoms with Gasteiger partial charge in [0.05, 0.1) is 7.11 Å². The van der Waals surface area contributed by atoms with Crippen molar-refractivity contribution in [2.24, 2.45) is 0 Å². The maximum absolute atomic E-state index is 8.51. The average molecular weight is 232 g/mol. The predicted octanol–water partition coefficient (Wildman–Crippen LogP) is 1.94. The smallest absolute Gasteiger partial charge is 0.123 e. The number of methoxy groups -OCH3 is 1. The minimum absolute atomic E-state index is 0.378. The number of hydrogen-bond acceptors (Lipinski definition) is 3. The molecule has 0 heterocycles. The summed E-state index contributed by atoms with van der Waals surface area (Å²) < 4.78 is 6.05. The Morgan fingerprint density at radius 1 is 1.58 bits per heavy atom. The van der Waals surface area contributed by atoms with Crippen molar-refractivity contribution in [2.45, 2.75) is 6.54 Å². The molecule has 12 heavy (non-hydrogen) atoms. The van der Waals surface area contributed by atoms with Crippen molar-refractivity contribution in [3.05, 3.63) is 28.2 Å². The lowest BCUT2D eigenvalue weighted by molar-refractivity contribution is 0.160. The average Bonchev–Trinajstić information content (AvgIpc) is 2.05. The number of halogens is 1. The highest BCUT2D eigenvalue weighted by molar-refractivity contribution is 9.10. The van der Waals surface area contributed by atoms with Crippen LogP contribution in [0.1, 0.15) is 5.56 Å². The second-order valence-electron chi connectivity index (χ2n) is 2.29. The molecule has 0 spiro atoms. The Labute approximate surface area is 79.4 Å². The van der Waals surface area contributed by atoms with E-state index in [1.54, 1.807) is 7.11 Å². The topological polar surface area (TPSA) is 41.5 Å². The molecular formula is C8H10BrNO2. The molecule has 0 radical (unpaired) electrons. The summed E-state index contributed by atoms with van der Waals surface area (Å²) in [5.74, 6) is 0.764. The van der Waals surface area contributed by atoms with E-state index in [1.807, 2.05) is 18.2 Å². The van der Waals surface area contributed by atoms with Crippen molar-refractivity contribution < 1.29 is 9.94 Å². The van der Waals surface area contributed by atoms with Gasteiger partial charge in [0.2, 0.25) is 0 Å². The van der Waals surface area contributed by atoms with Crippen molar-refractivity contribution in [2.75, 3.05) is 7.11 Å². The molecule has 4 heteroatoms. The molecule has 0 saturated heterocycles. The molecular weight excluding hydrogens is 222 g/mol. The molecule has 1 aromatic rings. The highest BCUT2D eigenvalue weighted by atomic mass is 79.9. The summed E-state index contributed by atoms with van der Waals surface area (Å²) >= 11 is 3.33. The highest BCUT2D eigenvalue weighted by Gasteiger charge is 2.01. The summed E-state index contributed by atoms with van der Waals surface area (Å²) in [6.45, 7) is 0.378. The van der Waals surface area contributed by atoms with Crippen LogP contribution in [0.15, 0.2) is 22.7 Å². The van der Waals surface area contributed by atoms with Crippen LogP contribution in [-0.4, -0.2) is 12.3 Å². The van der Waals surface area contributed by atoms with Gasteiger partial charge < -0.3 is 9.94 Å². The van der Waals surface area contributed by atoms with E-state index in [2.05, 4.69) is 21.4 Å². The largest absolute Gasteiger partial charge is 0.496 e. The van der Waals surface area contributed by atoms with Gasteiger partial charge >= 0.3 is 0 Å². The summed E-state index contributed by atoms with van der Waals surface area (Å²) in [6.07, 6.45) is 0. The first-order valence-electron chi connectivity index (χ1n) is 3.47. The van der Waals surface area contributed by atoms with Crippen molar-refractivity contribution >= 4 is 15.9 Å². The number of benzene rings is 1. The Bertz CT molecular complexity index is 265. The van der Waals surface area contributed by atoms with Crippen LogP contribution in [0.3, 0.4) is 0 Å². The second kappa shape index (κ2) is 4.45. The predicted molar refractivity (Wildman–Crippen MR) is 49.3 cm³/mol. The number of hydroxylamine groups is 1. The first kappa shape index (κ1) is 9.51. The second-order valence-corrected chi connectivity index (χ2v) is 3.21. The lowest BCUT2D eigenvalue weighted by Crippen LogP contribution is -2.07. The third-order valence-corrected chi connectivity index (χ3v) is 2.01. The molecule has 66 valence electrons. The van der Waals surface area contributed by atoms with Crippen LogP contribution in [0.5, 0.6) is 5.75 Å². The SMILES string of the molecule is COc1ccc(Br)cc1CNO. The molecule has 0 aliphatic carbocycles. The summed E-state index contributed by atoms with van der Waals surface area (Å²) in [5, 5.41) is 8.51. The molecule has 0 atom stereocenters. The van der Waals surface area contributed by atoms with Gasteiger partial charge in [0.25, 0.3) is 0 Å². The zero-order chi connectivity index (χ0) is 8.97. The van der Waals surface area contributed by atoms with Crippen molar-refractivity contribution in [1.82, 2.24) is 5.48 Å². The van der Waals surface area contributed by atoms with Crippen LogP contribution in [0.2, 0.25) is 0 Å². The van der Waals surface area contributed by atoms with Crippen LogP contribution in [0.4, 0.5) is 0 Å². The van der Waals surface area contributed by atoms with Gasteiger partial charge in [-0.25, -0.2) is 5.48 Å². The summed E-state index contributed by atoms with van der Waals surface area (Å²) in [5.41, 5.74) is 3.00. The van der Waals surface area contributed by atoms with Crippen molar-refractivity contribution in [1.29, 1.82) is 0 Å². The normalized spacial score (nSPS) is 9.92. The fraction of sp³-hybridized carbons (Fsp3) is 0.250. The molecule has 0 amide bonds. The molecule has 0 fully saturated rings. The Morgan fingerprint density at radius 3 is 2.92 bits per heavy atom. The van der Waals surface area contributed by atoms with Gasteiger partial charge in [-0.05, 0) is 18.2 Å². The standard InChI is InChI=1S/C8H10BrNO2/c1-12-8-3-2-7(9)4-6(8)5-10-11/h2-4,10-11H,5H2,1H3. The zero-order valence-electron chi connectivity index (χ0n) is 6.67. The lowest BCUT2D eigenvalue weighted by Gasteiger charge is -2.07. The first-order chi connectivity index (χ1) is 5.77. The Kier molecular flexibility index (Phi) is 3.52. The number of nitrogens with one attached hydrogen (secondary N) is 1. The Balaban J connectivity index is 2.95. The lowest BCUT2D eigenvalue weighted by atomic mass is 10.2. The van der Waals surface area contributed by atoms with Crippen LogP contribution in [0.25, 0.3) is 0 Å². The van der Waals surface area contributed by atoms with Gasteiger partial charge in [-0.15, -0.1) is 0 Å². The van der Waals surface area contributed by atoms with E-state index in [0.717, 1.165) is 15.8 Å². The van der Waals surface area contributed by atoms with Gasteiger partial charge in [-0.2, -0.15) is 0 Å². The third kappa shape index (κ3) is 2.20. The number of rotatable bonds is 3. The third-order valence-electron chi connectivity index (χ3n) is 1.51. The van der Waals surface area contributed by atoms with E-state index in [4.69, 9.17) is 9.94 Å². The van der Waals surface area contributed by atoms with E-state index in [0.29, 0.717) is 6.54 Å². The van der Waals surface area contributed by atoms with Gasteiger partial charge in [0, 0.05) is 16.6 Å². The van der Waals surface area contributed by atoms with Gasteiger partial charge in [0.1, 0.15) is 5.75 Å². The van der Waals surface area contributed by atoms with Crippen molar-refractivity contribution in [3.63, 3.8) is 0 Å². The van der Waals surface area contributed by atoms with Crippen molar-refractivity contribution in [3.8, 4) is 5.75 Å². The molecule has 0 unspecified atom stereocenters. The Hall–Kier alpha value is -0.580. The first-order valence-corrected chi connectivity index (χ1v) is 4.26. The fourth-order valence-electron chi connectivity index (χ4n) is 0.970. The molecule has 0 aromatic heterocycles. The quantitative estimate of drug-likeness (QED) is 0.782. The van der Waals surface area contributed by atoms with E-state index in [-0.39, 0.29) is 0 Å². The zero-order valence-corrected chi connectivity index (χ0v) is 8.26. The minimum atomic E-state index is 0.378. The Morgan fingerprint density at radius 2 is 2.33 bits per heavy atom. The molecule has 3 nitrogen and oxygen atoms in total. The highest BCUT2D eigenvalue weighted by Crippen LogP contribution is 2.22. The van der Waals surface area contributed by atoms with E-state index in [1.165, 1.54) is 0 Å². The van der Waals surface area contributed by atoms with Crippen LogP contribution in [-0.2, 0) is 6.54 Å². The molecule has 0 bridgehead atoms. The van der Waals surface area contributed by atoms with Crippen LogP contribution < -0.4 is 10.2 Å². The van der Waals surface area contributed by atoms with Gasteiger partial charge in [0.15, 0.2) is 0 Å². The monoisotopic (exact) mass is 231 g/mol. The molecule has 0 aliphatic heterocycles. The maximum Gasteiger partial charge on any atom is 0.123 e. The number of ether oxygens (including phenoxy) is 1. The maximum atomic E-state index is 8.51. The van der Waals surface area contributed by atoms with E-state index >= 15 is 0 Å². The molecule has 2 N–H and O–H groups in total. The summed E-state index contributed by atoms with van der Waals surface area (Å²) in [4.78, 5) is 0. The van der Waals surface area contributed by atoms with Crippen LogP contribution in [0, 0.1) is 0 Å². The molecule has 0 aliphatic rings. The van der Waals surface area contributed by atoms with Gasteiger partial charge in [-0.3, -0.25) is 0 Å². The fourth-order valence-corrected chi connectivity index (χ4v) is 1.38. The summed E-state index contributed by atoms with van der Waals surface area (Å²) in [7, 11) is 1.60. The van der Waals surface area contributed by atoms with E-state index in [9.17, 15) is 0 Å². The van der Waals surface area contributed by atoms with Crippen LogP contribution >= 0.6 is 15.9 Å². The molecule has 0 saturated carbocycles. The minimum Gasteiger partial charge on any atom is -0.496 e. The van der Waals surface area contributed by atoms with E-state index < -0.39 is 0 Å². The number of hydrogen-bond donors (Lipinski definition) is 2. The summed E-state index contributed by atoms with van der Waals surface area (Å²) in [6, 6.07) is 5.62. The van der Waals surface area contributed by atoms with Gasteiger partial charge in [-0.1, -0.05) is 15.9 Å². The molecule has 1 rings (SSSR count).